The molecule has 0 amide bonds. The molecule has 2 aromatic carbocycles. The van der Waals surface area contributed by atoms with Crippen molar-refractivity contribution in [2.24, 2.45) is 0 Å². The summed E-state index contributed by atoms with van der Waals surface area (Å²) in [4.78, 5) is 0. The van der Waals surface area contributed by atoms with Crippen molar-refractivity contribution < 1.29 is 0 Å². The van der Waals surface area contributed by atoms with Crippen LogP contribution in [0.25, 0.3) is 0 Å². The molecule has 0 aliphatic rings. The second-order valence-electron chi connectivity index (χ2n) is 7.72. The van der Waals surface area contributed by atoms with E-state index in [-0.39, 0.29) is 26.3 Å². The van der Waals surface area contributed by atoms with Crippen LogP contribution in [0.1, 0.15) is 52.7 Å². The Morgan fingerprint density at radius 3 is 1.24 bits per heavy atom. The number of rotatable bonds is 2. The molecular formula is C20H26Ge. The topological polar surface area (TPSA) is 0 Å². The van der Waals surface area contributed by atoms with Crippen LogP contribution >= 0.6 is 0 Å². The Morgan fingerprint density at radius 1 is 0.571 bits per heavy atom. The van der Waals surface area contributed by atoms with E-state index in [4.69, 9.17) is 0 Å². The monoisotopic (exact) mass is 340 g/mol. The van der Waals surface area contributed by atoms with Crippen molar-refractivity contribution in [1.82, 2.24) is 0 Å². The molecule has 0 saturated heterocycles. The van der Waals surface area contributed by atoms with Gasteiger partial charge in [-0.2, -0.15) is 0 Å². The van der Waals surface area contributed by atoms with Crippen molar-refractivity contribution in [3.8, 4) is 0 Å². The Labute approximate surface area is 136 Å². The van der Waals surface area contributed by atoms with Crippen LogP contribution in [0.15, 0.2) is 48.5 Å². The van der Waals surface area contributed by atoms with E-state index in [1.807, 2.05) is 0 Å². The summed E-state index contributed by atoms with van der Waals surface area (Å²) in [6.07, 6.45) is 0. The van der Waals surface area contributed by atoms with Gasteiger partial charge >= 0.3 is 136 Å². The molecule has 0 bridgehead atoms. The molecule has 110 valence electrons. The number of benzene rings is 2. The Kier molecular flexibility index (Phi) is 4.67. The van der Waals surface area contributed by atoms with Crippen molar-refractivity contribution in [2.45, 2.75) is 52.4 Å². The minimum atomic E-state index is -0.305. The zero-order valence-electron chi connectivity index (χ0n) is 14.1. The van der Waals surface area contributed by atoms with Gasteiger partial charge in [0.15, 0.2) is 0 Å². The molecule has 0 saturated carbocycles. The first-order valence-electron chi connectivity index (χ1n) is 7.65. The predicted octanol–water partition coefficient (Wildman–Crippen LogP) is 3.94. The van der Waals surface area contributed by atoms with Crippen LogP contribution < -0.4 is 8.79 Å². The van der Waals surface area contributed by atoms with Crippen molar-refractivity contribution in [1.29, 1.82) is 0 Å². The third-order valence-corrected chi connectivity index (χ3v) is 6.70. The number of hydrogen-bond donors (Lipinski definition) is 0. The summed E-state index contributed by atoms with van der Waals surface area (Å²) in [5.74, 6) is 0. The molecule has 1 heteroatoms. The quantitative estimate of drug-likeness (QED) is 0.728. The van der Waals surface area contributed by atoms with Crippen LogP contribution in [0, 0.1) is 0 Å². The van der Waals surface area contributed by atoms with Gasteiger partial charge in [0.2, 0.25) is 0 Å². The first kappa shape index (κ1) is 16.4. The van der Waals surface area contributed by atoms with Gasteiger partial charge in [-0.05, 0) is 0 Å². The fraction of sp³-hybridized carbons (Fsp3) is 0.400. The zero-order valence-corrected chi connectivity index (χ0v) is 16.2. The van der Waals surface area contributed by atoms with Crippen LogP contribution in [0.4, 0.5) is 0 Å². The van der Waals surface area contributed by atoms with Gasteiger partial charge in [-0.25, -0.2) is 0 Å². The summed E-state index contributed by atoms with van der Waals surface area (Å²) in [7, 11) is 0. The molecule has 2 rings (SSSR count). The van der Waals surface area contributed by atoms with E-state index in [0.29, 0.717) is 0 Å². The second-order valence-corrected chi connectivity index (χ2v) is 10.5. The molecule has 0 nitrogen and oxygen atoms in total. The average molecular weight is 339 g/mol. The maximum absolute atomic E-state index is 2.33. The van der Waals surface area contributed by atoms with Crippen molar-refractivity contribution >= 4 is 24.2 Å². The van der Waals surface area contributed by atoms with E-state index in [9.17, 15) is 0 Å². The Balaban J connectivity index is 2.45. The molecule has 0 heterocycles. The molecule has 0 aliphatic carbocycles. The Morgan fingerprint density at radius 2 is 0.905 bits per heavy atom. The average Bonchev–Trinajstić information content (AvgIpc) is 2.37. The molecule has 0 aromatic heterocycles. The summed E-state index contributed by atoms with van der Waals surface area (Å²) < 4.78 is 3.14. The molecule has 21 heavy (non-hydrogen) atoms. The second kappa shape index (κ2) is 6.00. The Bertz CT molecular complexity index is 557. The normalized spacial score (nSPS) is 12.5. The third kappa shape index (κ3) is 4.00. The summed E-state index contributed by atoms with van der Waals surface area (Å²) >= 11 is -0.305. The molecule has 0 spiro atoms. The zero-order chi connectivity index (χ0) is 15.7. The van der Waals surface area contributed by atoms with Gasteiger partial charge in [-0.3, -0.25) is 0 Å². The standard InChI is InChI=1S/C20H26Ge/c1-19(2,3)15-11-7-9-13-17(15)21-18-14-10-8-12-16(18)20(4,5)6/h7-14H,1-6H3. The van der Waals surface area contributed by atoms with E-state index < -0.39 is 0 Å². The van der Waals surface area contributed by atoms with Gasteiger partial charge < -0.3 is 0 Å². The fourth-order valence-electron chi connectivity index (χ4n) is 2.64. The van der Waals surface area contributed by atoms with Crippen molar-refractivity contribution in [3.05, 3.63) is 59.7 Å². The summed E-state index contributed by atoms with van der Waals surface area (Å²) in [5.41, 5.74) is 3.45. The van der Waals surface area contributed by atoms with E-state index in [2.05, 4.69) is 90.1 Å². The van der Waals surface area contributed by atoms with E-state index in [1.54, 1.807) is 8.79 Å². The predicted molar refractivity (Wildman–Crippen MR) is 95.3 cm³/mol. The van der Waals surface area contributed by atoms with Gasteiger partial charge in [-0.15, -0.1) is 0 Å². The van der Waals surface area contributed by atoms with Crippen LogP contribution in [-0.4, -0.2) is 15.4 Å². The molecule has 2 radical (unpaired) electrons. The maximum atomic E-state index is 2.33. The molecule has 0 fully saturated rings. The van der Waals surface area contributed by atoms with E-state index >= 15 is 0 Å². The summed E-state index contributed by atoms with van der Waals surface area (Å²) in [6.45, 7) is 13.9. The van der Waals surface area contributed by atoms with Gasteiger partial charge in [0, 0.05) is 0 Å². The molecule has 0 atom stereocenters. The first-order valence-corrected chi connectivity index (χ1v) is 9.75. The number of hydrogen-bond acceptors (Lipinski definition) is 0. The van der Waals surface area contributed by atoms with Gasteiger partial charge in [0.25, 0.3) is 0 Å². The van der Waals surface area contributed by atoms with Crippen LogP contribution in [-0.2, 0) is 10.8 Å². The Hall–Kier alpha value is -1.02. The van der Waals surface area contributed by atoms with Gasteiger partial charge in [-0.1, -0.05) is 0 Å². The molecule has 0 N–H and O–H groups in total. The van der Waals surface area contributed by atoms with Crippen LogP contribution in [0.3, 0.4) is 0 Å². The van der Waals surface area contributed by atoms with Crippen LogP contribution in [0.5, 0.6) is 0 Å². The summed E-state index contributed by atoms with van der Waals surface area (Å²) in [5, 5.41) is 0. The van der Waals surface area contributed by atoms with Crippen molar-refractivity contribution in [3.63, 3.8) is 0 Å². The van der Waals surface area contributed by atoms with Crippen LogP contribution in [0.2, 0.25) is 0 Å². The molecular weight excluding hydrogens is 313 g/mol. The van der Waals surface area contributed by atoms with Gasteiger partial charge in [0.1, 0.15) is 0 Å². The first-order chi connectivity index (χ1) is 9.69. The summed E-state index contributed by atoms with van der Waals surface area (Å²) in [6, 6.07) is 18.0. The van der Waals surface area contributed by atoms with E-state index in [1.165, 1.54) is 11.1 Å². The molecule has 0 unspecified atom stereocenters. The van der Waals surface area contributed by atoms with E-state index in [0.717, 1.165) is 0 Å². The molecule has 0 aliphatic heterocycles. The third-order valence-electron chi connectivity index (χ3n) is 3.74. The van der Waals surface area contributed by atoms with Gasteiger partial charge in [0.05, 0.1) is 0 Å². The molecule has 2 aromatic rings. The SMILES string of the molecule is CC(C)(C)c1cccc[c]1[Ge][c]1ccccc1C(C)(C)C. The minimum absolute atomic E-state index is 0.219. The fourth-order valence-corrected chi connectivity index (χ4v) is 6.49. The van der Waals surface area contributed by atoms with Crippen molar-refractivity contribution in [2.75, 3.05) is 0 Å².